The van der Waals surface area contributed by atoms with Crippen LogP contribution in [-0.4, -0.2) is 21.9 Å². The molecule has 0 aliphatic rings. The van der Waals surface area contributed by atoms with Crippen LogP contribution in [0.5, 0.6) is 11.5 Å². The SMILES string of the molecule is COc1ccc(CNS(=O)(=O)c2ccccc2OC(F)(F)F)cc1. The Bertz CT molecular complexity index is 789. The molecule has 24 heavy (non-hydrogen) atoms. The number of ether oxygens (including phenoxy) is 2. The van der Waals surface area contributed by atoms with Crippen LogP contribution in [0.3, 0.4) is 0 Å². The number of para-hydroxylation sites is 1. The number of halogens is 3. The summed E-state index contributed by atoms with van der Waals surface area (Å²) in [5, 5.41) is 0. The van der Waals surface area contributed by atoms with E-state index in [0.29, 0.717) is 11.3 Å². The van der Waals surface area contributed by atoms with Crippen molar-refractivity contribution in [2.45, 2.75) is 17.8 Å². The Morgan fingerprint density at radius 3 is 2.25 bits per heavy atom. The molecule has 0 unspecified atom stereocenters. The molecule has 5 nitrogen and oxygen atoms in total. The van der Waals surface area contributed by atoms with Gasteiger partial charge in [-0.3, -0.25) is 0 Å². The van der Waals surface area contributed by atoms with Crippen molar-refractivity contribution in [3.8, 4) is 11.5 Å². The highest BCUT2D eigenvalue weighted by atomic mass is 32.2. The number of rotatable bonds is 6. The second-order valence-corrected chi connectivity index (χ2v) is 6.40. The summed E-state index contributed by atoms with van der Waals surface area (Å²) < 4.78 is 72.6. The van der Waals surface area contributed by atoms with Gasteiger partial charge in [-0.25, -0.2) is 13.1 Å². The molecule has 0 aromatic heterocycles. The molecule has 1 N–H and O–H groups in total. The second-order valence-electron chi connectivity index (χ2n) is 4.67. The second kappa shape index (κ2) is 7.10. The van der Waals surface area contributed by atoms with Crippen molar-refractivity contribution in [1.82, 2.24) is 4.72 Å². The summed E-state index contributed by atoms with van der Waals surface area (Å²) in [7, 11) is -2.69. The van der Waals surface area contributed by atoms with E-state index in [2.05, 4.69) is 9.46 Å². The van der Waals surface area contributed by atoms with Crippen LogP contribution < -0.4 is 14.2 Å². The standard InChI is InChI=1S/C15H14F3NO4S/c1-22-12-8-6-11(7-9-12)10-19-24(20,21)14-5-3-2-4-13(14)23-15(16,17)18/h2-9,19H,10H2,1H3. The van der Waals surface area contributed by atoms with E-state index in [1.54, 1.807) is 24.3 Å². The molecule has 0 heterocycles. The van der Waals surface area contributed by atoms with E-state index in [4.69, 9.17) is 4.74 Å². The Balaban J connectivity index is 2.18. The number of sulfonamides is 1. The average molecular weight is 361 g/mol. The zero-order chi connectivity index (χ0) is 17.8. The van der Waals surface area contributed by atoms with E-state index in [-0.39, 0.29) is 6.54 Å². The zero-order valence-electron chi connectivity index (χ0n) is 12.5. The minimum absolute atomic E-state index is 0.0906. The predicted molar refractivity (Wildman–Crippen MR) is 80.1 cm³/mol. The molecule has 0 aliphatic carbocycles. The number of hydrogen-bond donors (Lipinski definition) is 1. The quantitative estimate of drug-likeness (QED) is 0.859. The van der Waals surface area contributed by atoms with Gasteiger partial charge in [-0.05, 0) is 29.8 Å². The summed E-state index contributed by atoms with van der Waals surface area (Å²) in [6.07, 6.45) is -4.98. The van der Waals surface area contributed by atoms with Crippen molar-refractivity contribution in [1.29, 1.82) is 0 Å². The lowest BCUT2D eigenvalue weighted by atomic mass is 10.2. The number of alkyl halides is 3. The van der Waals surface area contributed by atoms with Crippen LogP contribution >= 0.6 is 0 Å². The largest absolute Gasteiger partial charge is 0.573 e. The minimum atomic E-state index is -4.98. The molecule has 2 aromatic carbocycles. The molecule has 130 valence electrons. The van der Waals surface area contributed by atoms with Crippen molar-refractivity contribution in [3.63, 3.8) is 0 Å². The Kier molecular flexibility index (Phi) is 5.35. The molecule has 2 rings (SSSR count). The van der Waals surface area contributed by atoms with Crippen LogP contribution in [0, 0.1) is 0 Å². The van der Waals surface area contributed by atoms with Crippen LogP contribution in [0.2, 0.25) is 0 Å². The van der Waals surface area contributed by atoms with E-state index in [1.165, 1.54) is 19.2 Å². The summed E-state index contributed by atoms with van der Waals surface area (Å²) in [5.41, 5.74) is 0.619. The Morgan fingerprint density at radius 1 is 1.04 bits per heavy atom. The molecule has 0 amide bonds. The fraction of sp³-hybridized carbons (Fsp3) is 0.200. The first-order valence-corrected chi connectivity index (χ1v) is 8.17. The maximum atomic E-state index is 12.4. The third-order valence-electron chi connectivity index (χ3n) is 2.99. The third-order valence-corrected chi connectivity index (χ3v) is 4.43. The smallest absolute Gasteiger partial charge is 0.497 e. The van der Waals surface area contributed by atoms with Crippen molar-refractivity contribution >= 4 is 10.0 Å². The number of hydrogen-bond acceptors (Lipinski definition) is 4. The molecule has 0 bridgehead atoms. The fourth-order valence-corrected chi connectivity index (χ4v) is 3.03. The van der Waals surface area contributed by atoms with Crippen LogP contribution in [0.25, 0.3) is 0 Å². The van der Waals surface area contributed by atoms with Crippen molar-refractivity contribution in [2.24, 2.45) is 0 Å². The number of methoxy groups -OCH3 is 1. The van der Waals surface area contributed by atoms with Gasteiger partial charge in [0, 0.05) is 6.54 Å². The molecule has 0 saturated carbocycles. The summed E-state index contributed by atoms with van der Waals surface area (Å²) >= 11 is 0. The zero-order valence-corrected chi connectivity index (χ0v) is 13.3. The van der Waals surface area contributed by atoms with Crippen LogP contribution in [0.1, 0.15) is 5.56 Å². The van der Waals surface area contributed by atoms with E-state index in [9.17, 15) is 21.6 Å². The van der Waals surface area contributed by atoms with Gasteiger partial charge in [-0.1, -0.05) is 24.3 Å². The van der Waals surface area contributed by atoms with E-state index in [1.807, 2.05) is 0 Å². The van der Waals surface area contributed by atoms with Gasteiger partial charge < -0.3 is 9.47 Å². The molecule has 0 aliphatic heterocycles. The van der Waals surface area contributed by atoms with Gasteiger partial charge in [0.05, 0.1) is 7.11 Å². The lowest BCUT2D eigenvalue weighted by molar-refractivity contribution is -0.275. The number of benzene rings is 2. The van der Waals surface area contributed by atoms with Gasteiger partial charge in [-0.15, -0.1) is 13.2 Å². The summed E-state index contributed by atoms with van der Waals surface area (Å²) in [6.45, 7) is -0.0906. The molecule has 0 fully saturated rings. The van der Waals surface area contributed by atoms with Gasteiger partial charge in [0.1, 0.15) is 16.4 Å². The van der Waals surface area contributed by atoms with Gasteiger partial charge in [0.2, 0.25) is 10.0 Å². The Hall–Kier alpha value is -2.26. The van der Waals surface area contributed by atoms with Gasteiger partial charge >= 0.3 is 6.36 Å². The lowest BCUT2D eigenvalue weighted by Crippen LogP contribution is -2.25. The maximum Gasteiger partial charge on any atom is 0.573 e. The molecular formula is C15H14F3NO4S. The molecule has 0 saturated heterocycles. The monoisotopic (exact) mass is 361 g/mol. The minimum Gasteiger partial charge on any atom is -0.497 e. The van der Waals surface area contributed by atoms with Crippen molar-refractivity contribution in [2.75, 3.05) is 7.11 Å². The topological polar surface area (TPSA) is 64.6 Å². The first-order valence-electron chi connectivity index (χ1n) is 6.68. The highest BCUT2D eigenvalue weighted by molar-refractivity contribution is 7.89. The first-order chi connectivity index (χ1) is 11.2. The van der Waals surface area contributed by atoms with E-state index >= 15 is 0 Å². The summed E-state index contributed by atoms with van der Waals surface area (Å²) in [5.74, 6) is -0.183. The highest BCUT2D eigenvalue weighted by Gasteiger charge is 2.33. The normalized spacial score (nSPS) is 12.0. The summed E-state index contributed by atoms with van der Waals surface area (Å²) in [4.78, 5) is -0.587. The van der Waals surface area contributed by atoms with Gasteiger partial charge in [0.25, 0.3) is 0 Å². The third kappa shape index (κ3) is 4.87. The fourth-order valence-electron chi connectivity index (χ4n) is 1.88. The predicted octanol–water partition coefficient (Wildman–Crippen LogP) is 3.07. The van der Waals surface area contributed by atoms with E-state index in [0.717, 1.165) is 12.1 Å². The number of nitrogens with one attached hydrogen (secondary N) is 1. The Labute approximate surface area is 137 Å². The van der Waals surface area contributed by atoms with Crippen LogP contribution in [0.4, 0.5) is 13.2 Å². The molecule has 9 heteroatoms. The molecule has 0 spiro atoms. The molecule has 0 radical (unpaired) electrons. The lowest BCUT2D eigenvalue weighted by Gasteiger charge is -2.14. The van der Waals surface area contributed by atoms with Crippen LogP contribution in [-0.2, 0) is 16.6 Å². The first kappa shape index (κ1) is 18.1. The van der Waals surface area contributed by atoms with Crippen molar-refractivity contribution in [3.05, 3.63) is 54.1 Å². The molecular weight excluding hydrogens is 347 g/mol. The van der Waals surface area contributed by atoms with Gasteiger partial charge in [-0.2, -0.15) is 0 Å². The summed E-state index contributed by atoms with van der Waals surface area (Å²) in [6, 6.07) is 11.1. The van der Waals surface area contributed by atoms with Crippen LogP contribution in [0.15, 0.2) is 53.4 Å². The van der Waals surface area contributed by atoms with Gasteiger partial charge in [0.15, 0.2) is 0 Å². The average Bonchev–Trinajstić information content (AvgIpc) is 2.52. The van der Waals surface area contributed by atoms with E-state index < -0.39 is 27.0 Å². The Morgan fingerprint density at radius 2 is 1.67 bits per heavy atom. The molecule has 2 aromatic rings. The highest BCUT2D eigenvalue weighted by Crippen LogP contribution is 2.29. The van der Waals surface area contributed by atoms with Crippen molar-refractivity contribution < 1.29 is 31.1 Å². The molecule has 0 atom stereocenters. The maximum absolute atomic E-state index is 12.4.